The number of rotatable bonds is 3. The number of aliphatic hydroxyl groups is 1. The Morgan fingerprint density at radius 3 is 2.92 bits per heavy atom. The van der Waals surface area contributed by atoms with Gasteiger partial charge in [0.1, 0.15) is 15.9 Å². The third-order valence-corrected chi connectivity index (χ3v) is 5.15. The van der Waals surface area contributed by atoms with E-state index in [1.807, 2.05) is 13.8 Å². The summed E-state index contributed by atoms with van der Waals surface area (Å²) in [6, 6.07) is 0. The number of hydrogen-bond acceptors (Lipinski definition) is 7. The van der Waals surface area contributed by atoms with Gasteiger partial charge in [0, 0.05) is 25.2 Å². The predicted molar refractivity (Wildman–Crippen MR) is 94.6 cm³/mol. The van der Waals surface area contributed by atoms with E-state index in [4.69, 9.17) is 5.73 Å². The molecule has 0 aromatic carbocycles. The maximum atomic E-state index is 12.5. The zero-order chi connectivity index (χ0) is 17.4. The number of carbonyl (C=O) groups is 1. The Labute approximate surface area is 143 Å². The number of anilines is 1. The first kappa shape index (κ1) is 16.4. The fourth-order valence-electron chi connectivity index (χ4n) is 2.50. The predicted octanol–water partition coefficient (Wildman–Crippen LogP) is 1.32. The van der Waals surface area contributed by atoms with Gasteiger partial charge < -0.3 is 21.1 Å². The van der Waals surface area contributed by atoms with E-state index in [-0.39, 0.29) is 5.91 Å². The maximum absolute atomic E-state index is 12.5. The number of amides is 1. The highest BCUT2D eigenvalue weighted by Gasteiger charge is 2.20. The van der Waals surface area contributed by atoms with Gasteiger partial charge in [-0.05, 0) is 31.1 Å². The number of likely N-dealkylation sites (N-methyl/N-ethyl adjacent to an activating group) is 1. The van der Waals surface area contributed by atoms with Gasteiger partial charge in [-0.3, -0.25) is 4.79 Å². The molecule has 1 aliphatic rings. The van der Waals surface area contributed by atoms with Gasteiger partial charge in [-0.1, -0.05) is 6.08 Å². The van der Waals surface area contributed by atoms with Crippen molar-refractivity contribution in [2.45, 2.75) is 20.1 Å². The molecule has 3 heterocycles. The molecule has 0 saturated heterocycles. The van der Waals surface area contributed by atoms with Crippen LogP contribution in [0.15, 0.2) is 23.9 Å². The van der Waals surface area contributed by atoms with E-state index < -0.39 is 6.23 Å². The standard InChI is InChI=1S/C16H19N5O2S/c1-8-9(2)19-20-16-12(8)13(17)14(24-16)15(23)18-6-10-4-5-11(22)21(3)7-10/h4-5,7,11,22H,6,17H2,1-3H3,(H,18,23). The molecule has 2 aromatic rings. The van der Waals surface area contributed by atoms with Crippen LogP contribution in [0.2, 0.25) is 0 Å². The maximum Gasteiger partial charge on any atom is 0.263 e. The normalized spacial score (nSPS) is 17.2. The van der Waals surface area contributed by atoms with E-state index in [0.717, 1.165) is 22.2 Å². The van der Waals surface area contributed by atoms with Crippen molar-refractivity contribution in [3.05, 3.63) is 40.1 Å². The first-order valence-electron chi connectivity index (χ1n) is 7.47. The summed E-state index contributed by atoms with van der Waals surface area (Å²) in [5, 5.41) is 21.5. The molecule has 4 N–H and O–H groups in total. The van der Waals surface area contributed by atoms with Crippen LogP contribution < -0.4 is 11.1 Å². The molecule has 24 heavy (non-hydrogen) atoms. The minimum atomic E-state index is -0.632. The van der Waals surface area contributed by atoms with Gasteiger partial charge in [-0.25, -0.2) is 0 Å². The summed E-state index contributed by atoms with van der Waals surface area (Å²) >= 11 is 1.24. The van der Waals surface area contributed by atoms with Crippen molar-refractivity contribution in [1.82, 2.24) is 20.4 Å². The van der Waals surface area contributed by atoms with Crippen molar-refractivity contribution in [2.75, 3.05) is 19.3 Å². The molecule has 1 unspecified atom stereocenters. The first-order valence-corrected chi connectivity index (χ1v) is 8.29. The molecule has 0 radical (unpaired) electrons. The van der Waals surface area contributed by atoms with Crippen LogP contribution in [-0.2, 0) is 0 Å². The number of aliphatic hydroxyl groups excluding tert-OH is 1. The van der Waals surface area contributed by atoms with Crippen LogP contribution >= 0.6 is 11.3 Å². The summed E-state index contributed by atoms with van der Waals surface area (Å²) in [6.07, 6.45) is 4.61. The number of nitrogens with two attached hydrogens (primary N) is 1. The highest BCUT2D eigenvalue weighted by atomic mass is 32.1. The van der Waals surface area contributed by atoms with Crippen LogP contribution in [0.25, 0.3) is 10.2 Å². The Kier molecular flexibility index (Phi) is 4.25. The lowest BCUT2D eigenvalue weighted by atomic mass is 10.1. The highest BCUT2D eigenvalue weighted by molar-refractivity contribution is 7.21. The monoisotopic (exact) mass is 345 g/mol. The topological polar surface area (TPSA) is 104 Å². The van der Waals surface area contributed by atoms with Crippen molar-refractivity contribution in [1.29, 1.82) is 0 Å². The van der Waals surface area contributed by atoms with Gasteiger partial charge >= 0.3 is 0 Å². The molecular weight excluding hydrogens is 326 g/mol. The Morgan fingerprint density at radius 1 is 1.46 bits per heavy atom. The molecule has 3 rings (SSSR count). The average molecular weight is 345 g/mol. The zero-order valence-electron chi connectivity index (χ0n) is 13.7. The third-order valence-electron chi connectivity index (χ3n) is 4.06. The summed E-state index contributed by atoms with van der Waals surface area (Å²) in [6.45, 7) is 4.14. The second-order valence-corrected chi connectivity index (χ2v) is 6.76. The van der Waals surface area contributed by atoms with E-state index >= 15 is 0 Å². The van der Waals surface area contributed by atoms with Crippen LogP contribution in [0.5, 0.6) is 0 Å². The van der Waals surface area contributed by atoms with Gasteiger partial charge in [0.2, 0.25) is 0 Å². The smallest absolute Gasteiger partial charge is 0.263 e. The van der Waals surface area contributed by atoms with E-state index in [1.165, 1.54) is 11.3 Å². The third kappa shape index (κ3) is 2.85. The minimum absolute atomic E-state index is 0.240. The summed E-state index contributed by atoms with van der Waals surface area (Å²) in [7, 11) is 1.77. The van der Waals surface area contributed by atoms with E-state index in [2.05, 4.69) is 15.5 Å². The van der Waals surface area contributed by atoms with Crippen LogP contribution in [0, 0.1) is 13.8 Å². The zero-order valence-corrected chi connectivity index (χ0v) is 14.5. The fraction of sp³-hybridized carbons (Fsp3) is 0.312. The molecule has 0 aliphatic carbocycles. The molecule has 1 amide bonds. The van der Waals surface area contributed by atoms with Crippen LogP contribution in [0.3, 0.4) is 0 Å². The number of nitrogens with zero attached hydrogens (tertiary/aromatic N) is 3. The second kappa shape index (κ2) is 6.21. The number of carbonyl (C=O) groups excluding carboxylic acids is 1. The van der Waals surface area contributed by atoms with Gasteiger partial charge in [-0.2, -0.15) is 5.10 Å². The van der Waals surface area contributed by atoms with Gasteiger partial charge in [0.25, 0.3) is 5.91 Å². The lowest BCUT2D eigenvalue weighted by Gasteiger charge is -2.23. The van der Waals surface area contributed by atoms with Crippen molar-refractivity contribution in [3.63, 3.8) is 0 Å². The SMILES string of the molecule is Cc1nnc2sc(C(=O)NCC3=CN(C)C(O)C=C3)c(N)c2c1C. The molecule has 126 valence electrons. The van der Waals surface area contributed by atoms with E-state index in [0.29, 0.717) is 21.9 Å². The molecule has 0 spiro atoms. The molecule has 0 saturated carbocycles. The minimum Gasteiger partial charge on any atom is -0.397 e. The quantitative estimate of drug-likeness (QED) is 0.775. The van der Waals surface area contributed by atoms with Gasteiger partial charge in [0.15, 0.2) is 0 Å². The molecule has 1 aliphatic heterocycles. The average Bonchev–Trinajstić information content (AvgIpc) is 2.89. The van der Waals surface area contributed by atoms with Crippen molar-refractivity contribution < 1.29 is 9.90 Å². The van der Waals surface area contributed by atoms with E-state index in [9.17, 15) is 9.90 Å². The summed E-state index contributed by atoms with van der Waals surface area (Å²) in [5.74, 6) is -0.240. The highest BCUT2D eigenvalue weighted by Crippen LogP contribution is 2.34. The lowest BCUT2D eigenvalue weighted by molar-refractivity contribution is 0.0947. The van der Waals surface area contributed by atoms with Crippen LogP contribution in [0.4, 0.5) is 5.69 Å². The number of thiophene rings is 1. The number of nitrogens with one attached hydrogen (secondary N) is 1. The Balaban J connectivity index is 1.80. The summed E-state index contributed by atoms with van der Waals surface area (Å²) in [5.41, 5.74) is 9.26. The number of nitrogen functional groups attached to an aromatic ring is 1. The number of aryl methyl sites for hydroxylation is 2. The molecule has 1 atom stereocenters. The van der Waals surface area contributed by atoms with Gasteiger partial charge in [0.05, 0.1) is 11.4 Å². The van der Waals surface area contributed by atoms with Crippen molar-refractivity contribution >= 4 is 33.1 Å². The van der Waals surface area contributed by atoms with Crippen molar-refractivity contribution in [2.24, 2.45) is 0 Å². The molecule has 7 nitrogen and oxygen atoms in total. The van der Waals surface area contributed by atoms with Crippen molar-refractivity contribution in [3.8, 4) is 0 Å². The molecule has 8 heteroatoms. The first-order chi connectivity index (χ1) is 11.4. The number of fused-ring (bicyclic) bond motifs is 1. The molecular formula is C16H19N5O2S. The van der Waals surface area contributed by atoms with Gasteiger partial charge in [-0.15, -0.1) is 16.4 Å². The Hall–Kier alpha value is -2.45. The Bertz CT molecular complexity index is 871. The van der Waals surface area contributed by atoms with Crippen LogP contribution in [0.1, 0.15) is 20.9 Å². The summed E-state index contributed by atoms with van der Waals surface area (Å²) in [4.78, 5) is 15.3. The molecule has 0 fully saturated rings. The Morgan fingerprint density at radius 2 is 2.21 bits per heavy atom. The van der Waals surface area contributed by atoms with Crippen LogP contribution in [-0.4, -0.2) is 45.9 Å². The van der Waals surface area contributed by atoms with E-state index in [1.54, 1.807) is 30.3 Å². The second-order valence-electron chi connectivity index (χ2n) is 5.76. The molecule has 2 aromatic heterocycles. The lowest BCUT2D eigenvalue weighted by Crippen LogP contribution is -2.30. The number of aromatic nitrogens is 2. The molecule has 0 bridgehead atoms. The summed E-state index contributed by atoms with van der Waals surface area (Å²) < 4.78 is 0. The largest absolute Gasteiger partial charge is 0.397 e. The number of hydrogen-bond donors (Lipinski definition) is 3. The fourth-order valence-corrected chi connectivity index (χ4v) is 3.52.